The Hall–Kier alpha value is -0.470. The van der Waals surface area contributed by atoms with Gasteiger partial charge >= 0.3 is 0 Å². The molecule has 1 N–H and O–H groups in total. The first-order chi connectivity index (χ1) is 6.77. The predicted molar refractivity (Wildman–Crippen MR) is 65.2 cm³/mol. The molecule has 1 aromatic carbocycles. The minimum Gasteiger partial charge on any atom is -0.316 e. The summed E-state index contributed by atoms with van der Waals surface area (Å²) >= 11 is 1.79. The molecule has 1 nitrogen and oxygen atoms in total. The maximum absolute atomic E-state index is 3.37. The smallest absolute Gasteiger partial charge is 0.00693 e. The van der Waals surface area contributed by atoms with E-state index in [0.29, 0.717) is 5.92 Å². The van der Waals surface area contributed by atoms with Gasteiger partial charge < -0.3 is 5.32 Å². The number of nitrogens with one attached hydrogen (secondary N) is 1. The Bertz CT molecular complexity index is 256. The maximum Gasteiger partial charge on any atom is 0.00693 e. The number of hydrogen-bond donors (Lipinski definition) is 1. The van der Waals surface area contributed by atoms with Crippen LogP contribution in [0.1, 0.15) is 25.3 Å². The van der Waals surface area contributed by atoms with Crippen molar-refractivity contribution in [3.05, 3.63) is 29.8 Å². The molecule has 0 radical (unpaired) electrons. The van der Waals surface area contributed by atoms with Crippen LogP contribution in [-0.2, 0) is 0 Å². The normalized spacial score (nSPS) is 12.8. The number of hydrogen-bond acceptors (Lipinski definition) is 2. The van der Waals surface area contributed by atoms with E-state index in [2.05, 4.69) is 49.7 Å². The van der Waals surface area contributed by atoms with Gasteiger partial charge in [-0.3, -0.25) is 0 Å². The zero-order valence-corrected chi connectivity index (χ0v) is 10.0. The SMILES string of the molecule is CCNC[C@@H](C)c1ccc(SC)cc1. The van der Waals surface area contributed by atoms with Crippen LogP contribution in [0.15, 0.2) is 29.2 Å². The first kappa shape index (κ1) is 11.6. The Balaban J connectivity index is 2.57. The molecule has 0 saturated carbocycles. The molecule has 14 heavy (non-hydrogen) atoms. The molecule has 0 aliphatic rings. The van der Waals surface area contributed by atoms with E-state index in [0.717, 1.165) is 13.1 Å². The fourth-order valence-electron chi connectivity index (χ4n) is 1.41. The van der Waals surface area contributed by atoms with Gasteiger partial charge in [0.05, 0.1) is 0 Å². The van der Waals surface area contributed by atoms with Gasteiger partial charge in [0.1, 0.15) is 0 Å². The van der Waals surface area contributed by atoms with Gasteiger partial charge in [-0.2, -0.15) is 0 Å². The Kier molecular flexibility index (Phi) is 5.05. The summed E-state index contributed by atoms with van der Waals surface area (Å²) in [6, 6.07) is 8.85. The summed E-state index contributed by atoms with van der Waals surface area (Å²) in [5.41, 5.74) is 1.42. The zero-order chi connectivity index (χ0) is 10.4. The highest BCUT2D eigenvalue weighted by Crippen LogP contribution is 2.19. The molecule has 0 fully saturated rings. The van der Waals surface area contributed by atoms with Crippen molar-refractivity contribution in [1.29, 1.82) is 0 Å². The second kappa shape index (κ2) is 6.10. The standard InChI is InChI=1S/C12H19NS/c1-4-13-9-10(2)11-5-7-12(14-3)8-6-11/h5-8,10,13H,4,9H2,1-3H3/t10-/m1/s1. The van der Waals surface area contributed by atoms with Gasteiger partial charge in [0, 0.05) is 11.4 Å². The fraction of sp³-hybridized carbons (Fsp3) is 0.500. The predicted octanol–water partition coefficient (Wildman–Crippen LogP) is 3.12. The van der Waals surface area contributed by atoms with Crippen molar-refractivity contribution in [2.24, 2.45) is 0 Å². The van der Waals surface area contributed by atoms with Gasteiger partial charge in [-0.15, -0.1) is 11.8 Å². The molecule has 0 saturated heterocycles. The molecule has 1 atom stereocenters. The molecule has 1 rings (SSSR count). The van der Waals surface area contributed by atoms with E-state index in [-0.39, 0.29) is 0 Å². The van der Waals surface area contributed by atoms with Crippen molar-refractivity contribution < 1.29 is 0 Å². The molecule has 0 aromatic heterocycles. The highest BCUT2D eigenvalue weighted by atomic mass is 32.2. The fourth-order valence-corrected chi connectivity index (χ4v) is 1.82. The van der Waals surface area contributed by atoms with E-state index < -0.39 is 0 Å². The van der Waals surface area contributed by atoms with Gasteiger partial charge in [0.2, 0.25) is 0 Å². The van der Waals surface area contributed by atoms with Crippen molar-refractivity contribution in [1.82, 2.24) is 5.32 Å². The minimum absolute atomic E-state index is 0.603. The van der Waals surface area contributed by atoms with Crippen LogP contribution in [0.25, 0.3) is 0 Å². The summed E-state index contributed by atoms with van der Waals surface area (Å²) in [6.07, 6.45) is 2.11. The molecule has 78 valence electrons. The molecular formula is C12H19NS. The lowest BCUT2D eigenvalue weighted by atomic mass is 10.0. The van der Waals surface area contributed by atoms with Crippen molar-refractivity contribution in [3.8, 4) is 0 Å². The number of likely N-dealkylation sites (N-methyl/N-ethyl adjacent to an activating group) is 1. The first-order valence-electron chi connectivity index (χ1n) is 5.12. The van der Waals surface area contributed by atoms with Crippen molar-refractivity contribution in [2.45, 2.75) is 24.7 Å². The van der Waals surface area contributed by atoms with E-state index in [1.54, 1.807) is 11.8 Å². The molecule has 1 aromatic rings. The van der Waals surface area contributed by atoms with Crippen LogP contribution < -0.4 is 5.32 Å². The van der Waals surface area contributed by atoms with Crippen LogP contribution in [0, 0.1) is 0 Å². The molecular weight excluding hydrogens is 190 g/mol. The third kappa shape index (κ3) is 3.35. The summed E-state index contributed by atoms with van der Waals surface area (Å²) < 4.78 is 0. The average molecular weight is 209 g/mol. The molecule has 0 unspecified atom stereocenters. The second-order valence-electron chi connectivity index (χ2n) is 3.48. The van der Waals surface area contributed by atoms with Crippen molar-refractivity contribution in [2.75, 3.05) is 19.3 Å². The third-order valence-corrected chi connectivity index (χ3v) is 3.13. The van der Waals surface area contributed by atoms with Gasteiger partial charge in [0.15, 0.2) is 0 Å². The number of rotatable bonds is 5. The lowest BCUT2D eigenvalue weighted by Crippen LogP contribution is -2.19. The average Bonchev–Trinajstić information content (AvgIpc) is 2.26. The van der Waals surface area contributed by atoms with E-state index in [4.69, 9.17) is 0 Å². The molecule has 2 heteroatoms. The van der Waals surface area contributed by atoms with E-state index in [9.17, 15) is 0 Å². The summed E-state index contributed by atoms with van der Waals surface area (Å²) in [5, 5.41) is 3.37. The van der Waals surface area contributed by atoms with Crippen LogP contribution >= 0.6 is 11.8 Å². The van der Waals surface area contributed by atoms with Crippen LogP contribution in [0.4, 0.5) is 0 Å². The van der Waals surface area contributed by atoms with Crippen LogP contribution in [0.2, 0.25) is 0 Å². The molecule has 0 spiro atoms. The third-order valence-electron chi connectivity index (χ3n) is 2.39. The maximum atomic E-state index is 3.37. The molecule has 0 bridgehead atoms. The Morgan fingerprint density at radius 3 is 2.43 bits per heavy atom. The van der Waals surface area contributed by atoms with Gasteiger partial charge in [-0.1, -0.05) is 26.0 Å². The van der Waals surface area contributed by atoms with Crippen LogP contribution in [0.3, 0.4) is 0 Å². The van der Waals surface area contributed by atoms with E-state index in [1.165, 1.54) is 10.5 Å². The summed E-state index contributed by atoms with van der Waals surface area (Å²) in [4.78, 5) is 1.34. The van der Waals surface area contributed by atoms with Crippen LogP contribution in [-0.4, -0.2) is 19.3 Å². The summed E-state index contributed by atoms with van der Waals surface area (Å²) in [5.74, 6) is 0.603. The Morgan fingerprint density at radius 2 is 1.93 bits per heavy atom. The van der Waals surface area contributed by atoms with Crippen molar-refractivity contribution >= 4 is 11.8 Å². The van der Waals surface area contributed by atoms with Gasteiger partial charge in [0.25, 0.3) is 0 Å². The van der Waals surface area contributed by atoms with E-state index in [1.807, 2.05) is 0 Å². The van der Waals surface area contributed by atoms with Crippen molar-refractivity contribution in [3.63, 3.8) is 0 Å². The summed E-state index contributed by atoms with van der Waals surface area (Å²) in [6.45, 7) is 6.52. The van der Waals surface area contributed by atoms with Gasteiger partial charge in [-0.25, -0.2) is 0 Å². The second-order valence-corrected chi connectivity index (χ2v) is 4.36. The monoisotopic (exact) mass is 209 g/mol. The topological polar surface area (TPSA) is 12.0 Å². The molecule has 0 aliphatic heterocycles. The van der Waals surface area contributed by atoms with Gasteiger partial charge in [-0.05, 0) is 36.4 Å². The number of benzene rings is 1. The van der Waals surface area contributed by atoms with Crippen LogP contribution in [0.5, 0.6) is 0 Å². The zero-order valence-electron chi connectivity index (χ0n) is 9.21. The van der Waals surface area contributed by atoms with E-state index >= 15 is 0 Å². The Labute approximate surface area is 91.3 Å². The molecule has 0 heterocycles. The highest BCUT2D eigenvalue weighted by Gasteiger charge is 2.03. The highest BCUT2D eigenvalue weighted by molar-refractivity contribution is 7.98. The lowest BCUT2D eigenvalue weighted by Gasteiger charge is -2.12. The Morgan fingerprint density at radius 1 is 1.29 bits per heavy atom. The largest absolute Gasteiger partial charge is 0.316 e. The molecule has 0 amide bonds. The molecule has 0 aliphatic carbocycles. The quantitative estimate of drug-likeness (QED) is 0.748. The minimum atomic E-state index is 0.603. The first-order valence-corrected chi connectivity index (χ1v) is 6.35. The number of thioether (sulfide) groups is 1. The summed E-state index contributed by atoms with van der Waals surface area (Å²) in [7, 11) is 0. The lowest BCUT2D eigenvalue weighted by molar-refractivity contribution is 0.635.